The summed E-state index contributed by atoms with van der Waals surface area (Å²) in [6.07, 6.45) is 4.41. The summed E-state index contributed by atoms with van der Waals surface area (Å²) in [7, 11) is 0. The van der Waals surface area contributed by atoms with Gasteiger partial charge in [-0.05, 0) is 53.8 Å². The summed E-state index contributed by atoms with van der Waals surface area (Å²) in [4.78, 5) is 31.3. The van der Waals surface area contributed by atoms with E-state index in [1.807, 2.05) is 24.3 Å². The first-order valence-corrected chi connectivity index (χ1v) is 10.6. The summed E-state index contributed by atoms with van der Waals surface area (Å²) in [5, 5.41) is 5.18. The van der Waals surface area contributed by atoms with Crippen molar-refractivity contribution in [1.82, 2.24) is 15.2 Å². The highest BCUT2D eigenvalue weighted by Gasteiger charge is 2.26. The van der Waals surface area contributed by atoms with Crippen LogP contribution in [0.4, 0.5) is 10.1 Å². The zero-order valence-corrected chi connectivity index (χ0v) is 17.8. The van der Waals surface area contributed by atoms with E-state index in [1.54, 1.807) is 31.5 Å². The van der Waals surface area contributed by atoms with Crippen LogP contribution in [0.25, 0.3) is 0 Å². The van der Waals surface area contributed by atoms with Crippen LogP contribution in [0.3, 0.4) is 0 Å². The number of rotatable bonds is 5. The number of carbonyl (C=O) groups is 2. The molecule has 1 aromatic heterocycles. The van der Waals surface area contributed by atoms with Crippen LogP contribution in [-0.4, -0.2) is 34.8 Å². The molecule has 2 amide bonds. The Morgan fingerprint density at radius 2 is 1.91 bits per heavy atom. The lowest BCUT2D eigenvalue weighted by molar-refractivity contribution is -0.136. The molecule has 2 heterocycles. The van der Waals surface area contributed by atoms with Gasteiger partial charge in [-0.2, -0.15) is 0 Å². The molecule has 6 nitrogen and oxygen atoms in total. The Balaban J connectivity index is 1.44. The van der Waals surface area contributed by atoms with Crippen molar-refractivity contribution in [3.63, 3.8) is 0 Å². The number of benzene rings is 2. The number of nitrogens with one attached hydrogen (secondary N) is 2. The third-order valence-electron chi connectivity index (χ3n) is 5.76. The van der Waals surface area contributed by atoms with E-state index in [-0.39, 0.29) is 18.3 Å². The van der Waals surface area contributed by atoms with E-state index < -0.39 is 17.6 Å². The third-order valence-corrected chi connectivity index (χ3v) is 5.76. The minimum Gasteiger partial charge on any atom is -0.346 e. The van der Waals surface area contributed by atoms with Gasteiger partial charge in [0.2, 0.25) is 0 Å². The summed E-state index contributed by atoms with van der Waals surface area (Å²) < 4.78 is 13.7. The molecule has 0 spiro atoms. The molecular formula is C25H25FN4O2. The zero-order chi connectivity index (χ0) is 22.5. The van der Waals surface area contributed by atoms with Crippen molar-refractivity contribution in [2.75, 3.05) is 18.4 Å². The maximum atomic E-state index is 13.7. The van der Waals surface area contributed by atoms with Gasteiger partial charge in [0.05, 0.1) is 6.04 Å². The Hall–Kier alpha value is -3.58. The Morgan fingerprint density at radius 1 is 1.09 bits per heavy atom. The Bertz CT molecular complexity index is 1120. The number of halogens is 1. The smallest absolute Gasteiger partial charge is 0.313 e. The normalized spacial score (nSPS) is 14.3. The summed E-state index contributed by atoms with van der Waals surface area (Å²) >= 11 is 0. The summed E-state index contributed by atoms with van der Waals surface area (Å²) in [6.45, 7) is 3.47. The molecule has 7 heteroatoms. The molecular weight excluding hydrogens is 407 g/mol. The number of amides is 2. The first kappa shape index (κ1) is 21.6. The predicted molar refractivity (Wildman–Crippen MR) is 120 cm³/mol. The highest BCUT2D eigenvalue weighted by Crippen LogP contribution is 2.27. The molecule has 0 bridgehead atoms. The fourth-order valence-electron chi connectivity index (χ4n) is 3.94. The van der Waals surface area contributed by atoms with Crippen molar-refractivity contribution in [1.29, 1.82) is 0 Å². The quantitative estimate of drug-likeness (QED) is 0.606. The average molecular weight is 432 g/mol. The zero-order valence-electron chi connectivity index (χ0n) is 17.8. The van der Waals surface area contributed by atoms with Gasteiger partial charge < -0.3 is 10.6 Å². The van der Waals surface area contributed by atoms with Gasteiger partial charge in [0.25, 0.3) is 0 Å². The number of anilines is 1. The third kappa shape index (κ3) is 5.00. The number of aryl methyl sites for hydroxylation is 1. The molecule has 0 saturated heterocycles. The highest BCUT2D eigenvalue weighted by atomic mass is 19.1. The average Bonchev–Trinajstić information content (AvgIpc) is 2.82. The van der Waals surface area contributed by atoms with Gasteiger partial charge in [-0.1, -0.05) is 36.4 Å². The van der Waals surface area contributed by atoms with Crippen molar-refractivity contribution in [2.45, 2.75) is 25.9 Å². The maximum absolute atomic E-state index is 13.7. The fraction of sp³-hybridized carbons (Fsp3) is 0.240. The lowest BCUT2D eigenvalue weighted by atomic mass is 9.97. The lowest BCUT2D eigenvalue weighted by Gasteiger charge is -2.35. The van der Waals surface area contributed by atoms with Crippen molar-refractivity contribution < 1.29 is 14.0 Å². The number of fused-ring (bicyclic) bond motifs is 1. The van der Waals surface area contributed by atoms with Gasteiger partial charge in [0.1, 0.15) is 5.82 Å². The standard InChI is InChI=1S/C25H25FN4O2/c1-17-8-9-21(13-22(17)26)29-25(32)24(31)28-15-23(19-7-4-11-27-14-19)30-12-10-18-5-2-3-6-20(18)16-30/h2-9,11,13-14,23H,10,12,15-16H2,1H3,(H,28,31)(H,29,32)/t23-/m0/s1. The van der Waals surface area contributed by atoms with E-state index in [4.69, 9.17) is 0 Å². The molecule has 1 aliphatic heterocycles. The van der Waals surface area contributed by atoms with Crippen molar-refractivity contribution in [3.8, 4) is 0 Å². The van der Waals surface area contributed by atoms with Gasteiger partial charge >= 0.3 is 11.8 Å². The van der Waals surface area contributed by atoms with Crippen LogP contribution in [0.1, 0.15) is 28.3 Å². The molecule has 1 aliphatic rings. The molecule has 0 aliphatic carbocycles. The Morgan fingerprint density at radius 3 is 2.66 bits per heavy atom. The van der Waals surface area contributed by atoms with Crippen LogP contribution in [-0.2, 0) is 22.6 Å². The highest BCUT2D eigenvalue weighted by molar-refractivity contribution is 6.39. The van der Waals surface area contributed by atoms with Crippen molar-refractivity contribution in [2.24, 2.45) is 0 Å². The van der Waals surface area contributed by atoms with Crippen molar-refractivity contribution >= 4 is 17.5 Å². The Labute approximate surface area is 186 Å². The molecule has 1 atom stereocenters. The van der Waals surface area contributed by atoms with Gasteiger partial charge in [-0.15, -0.1) is 0 Å². The van der Waals surface area contributed by atoms with Crippen LogP contribution in [0.15, 0.2) is 67.0 Å². The first-order chi connectivity index (χ1) is 15.5. The molecule has 0 unspecified atom stereocenters. The molecule has 0 radical (unpaired) electrons. The second kappa shape index (κ2) is 9.70. The number of aromatic nitrogens is 1. The van der Waals surface area contributed by atoms with E-state index in [0.717, 1.165) is 25.1 Å². The van der Waals surface area contributed by atoms with Crippen LogP contribution < -0.4 is 10.6 Å². The first-order valence-electron chi connectivity index (χ1n) is 10.6. The van der Waals surface area contributed by atoms with E-state index in [0.29, 0.717) is 5.56 Å². The summed E-state index contributed by atoms with van der Waals surface area (Å²) in [5.41, 5.74) is 4.27. The molecule has 32 heavy (non-hydrogen) atoms. The van der Waals surface area contributed by atoms with Crippen molar-refractivity contribution in [3.05, 3.63) is 95.1 Å². The summed E-state index contributed by atoms with van der Waals surface area (Å²) in [6, 6.07) is 16.4. The monoisotopic (exact) mass is 432 g/mol. The number of nitrogens with zero attached hydrogens (tertiary/aromatic N) is 2. The van der Waals surface area contributed by atoms with Crippen LogP contribution in [0.2, 0.25) is 0 Å². The minimum atomic E-state index is -0.831. The van der Waals surface area contributed by atoms with Crippen LogP contribution >= 0.6 is 0 Å². The molecule has 164 valence electrons. The second-order valence-corrected chi connectivity index (χ2v) is 7.92. The minimum absolute atomic E-state index is 0.134. The molecule has 3 aromatic rings. The van der Waals surface area contributed by atoms with Gasteiger partial charge in [0.15, 0.2) is 0 Å². The van der Waals surface area contributed by atoms with Gasteiger partial charge in [-0.3, -0.25) is 19.5 Å². The predicted octanol–water partition coefficient (Wildman–Crippen LogP) is 3.38. The largest absolute Gasteiger partial charge is 0.346 e. The number of pyridine rings is 1. The summed E-state index contributed by atoms with van der Waals surface area (Å²) in [5.74, 6) is -2.04. The van der Waals surface area contributed by atoms with Crippen LogP contribution in [0.5, 0.6) is 0 Å². The van der Waals surface area contributed by atoms with Gasteiger partial charge in [0, 0.05) is 37.7 Å². The topological polar surface area (TPSA) is 74.3 Å². The van der Waals surface area contributed by atoms with Crippen LogP contribution in [0, 0.1) is 12.7 Å². The maximum Gasteiger partial charge on any atom is 0.313 e. The SMILES string of the molecule is Cc1ccc(NC(=O)C(=O)NC[C@@H](c2cccnc2)N2CCc3ccccc3C2)cc1F. The van der Waals surface area contributed by atoms with E-state index in [2.05, 4.69) is 32.7 Å². The number of hydrogen-bond donors (Lipinski definition) is 2. The fourth-order valence-corrected chi connectivity index (χ4v) is 3.94. The Kier molecular flexibility index (Phi) is 6.56. The van der Waals surface area contributed by atoms with E-state index >= 15 is 0 Å². The number of hydrogen-bond acceptors (Lipinski definition) is 4. The second-order valence-electron chi connectivity index (χ2n) is 7.92. The molecule has 0 fully saturated rings. The lowest BCUT2D eigenvalue weighted by Crippen LogP contribution is -2.43. The molecule has 0 saturated carbocycles. The van der Waals surface area contributed by atoms with E-state index in [1.165, 1.54) is 17.2 Å². The number of carbonyl (C=O) groups excluding carboxylic acids is 2. The molecule has 4 rings (SSSR count). The molecule has 2 N–H and O–H groups in total. The van der Waals surface area contributed by atoms with Gasteiger partial charge in [-0.25, -0.2) is 4.39 Å². The molecule has 2 aromatic carbocycles. The van der Waals surface area contributed by atoms with E-state index in [9.17, 15) is 14.0 Å².